The van der Waals surface area contributed by atoms with Gasteiger partial charge in [0, 0.05) is 5.69 Å². The van der Waals surface area contributed by atoms with Gasteiger partial charge in [-0.15, -0.1) is 0 Å². The smallest absolute Gasteiger partial charge is 0.246 e. The third kappa shape index (κ3) is 4.86. The molecule has 0 bridgehead atoms. The molecule has 0 aliphatic carbocycles. The predicted molar refractivity (Wildman–Crippen MR) is 106 cm³/mol. The van der Waals surface area contributed by atoms with E-state index in [1.165, 1.54) is 0 Å². The van der Waals surface area contributed by atoms with E-state index in [9.17, 15) is 4.79 Å². The summed E-state index contributed by atoms with van der Waals surface area (Å²) in [6, 6.07) is 25.4. The van der Waals surface area contributed by atoms with Gasteiger partial charge in [-0.25, -0.2) is 0 Å². The third-order valence-corrected chi connectivity index (χ3v) is 3.92. The van der Waals surface area contributed by atoms with Gasteiger partial charge >= 0.3 is 0 Å². The fourth-order valence-electron chi connectivity index (χ4n) is 2.49. The Bertz CT molecular complexity index is 947. The van der Waals surface area contributed by atoms with Gasteiger partial charge in [-0.05, 0) is 55.5 Å². The van der Waals surface area contributed by atoms with Crippen LogP contribution in [0.5, 0.6) is 11.5 Å². The molecule has 5 heteroatoms. The van der Waals surface area contributed by atoms with Crippen LogP contribution in [0.1, 0.15) is 12.5 Å². The molecule has 0 fully saturated rings. The van der Waals surface area contributed by atoms with Crippen molar-refractivity contribution in [2.24, 2.45) is 0 Å². The average Bonchev–Trinajstić information content (AvgIpc) is 2.70. The van der Waals surface area contributed by atoms with E-state index < -0.39 is 6.04 Å². The molecule has 2 N–H and O–H groups in total. The molecular formula is C22H19N3O2. The molecule has 0 unspecified atom stereocenters. The first-order valence-electron chi connectivity index (χ1n) is 8.55. The van der Waals surface area contributed by atoms with Crippen LogP contribution < -0.4 is 15.4 Å². The maximum Gasteiger partial charge on any atom is 0.246 e. The molecule has 3 aromatic carbocycles. The van der Waals surface area contributed by atoms with Gasteiger partial charge in [-0.1, -0.05) is 30.3 Å². The monoisotopic (exact) mass is 357 g/mol. The number of nitriles is 1. The summed E-state index contributed by atoms with van der Waals surface area (Å²) in [4.78, 5) is 12.4. The summed E-state index contributed by atoms with van der Waals surface area (Å²) in [5, 5.41) is 15.0. The Balaban J connectivity index is 1.59. The molecule has 134 valence electrons. The standard InChI is InChI=1S/C22H19N3O2/c1-16(22(26)25-21-10-6-5-7-17(21)15-23)24-18-11-13-20(14-12-18)27-19-8-3-2-4-9-19/h2-14,16,24H,1H3,(H,25,26)/t16-/m1/s1. The van der Waals surface area contributed by atoms with Crippen molar-refractivity contribution in [3.8, 4) is 17.6 Å². The van der Waals surface area contributed by atoms with Crippen LogP contribution in [0, 0.1) is 11.3 Å². The summed E-state index contributed by atoms with van der Waals surface area (Å²) >= 11 is 0. The van der Waals surface area contributed by atoms with E-state index >= 15 is 0 Å². The van der Waals surface area contributed by atoms with Crippen LogP contribution in [0.4, 0.5) is 11.4 Å². The Hall–Kier alpha value is -3.78. The van der Waals surface area contributed by atoms with Crippen molar-refractivity contribution >= 4 is 17.3 Å². The second-order valence-electron chi connectivity index (χ2n) is 5.95. The molecule has 1 amide bonds. The highest BCUT2D eigenvalue weighted by molar-refractivity contribution is 5.97. The van der Waals surface area contributed by atoms with Gasteiger partial charge in [0.15, 0.2) is 0 Å². The highest BCUT2D eigenvalue weighted by atomic mass is 16.5. The molecule has 27 heavy (non-hydrogen) atoms. The normalized spacial score (nSPS) is 11.1. The molecule has 3 rings (SSSR count). The summed E-state index contributed by atoms with van der Waals surface area (Å²) in [5.41, 5.74) is 1.73. The van der Waals surface area contributed by atoms with Gasteiger partial charge in [-0.3, -0.25) is 4.79 Å². The summed E-state index contributed by atoms with van der Waals surface area (Å²) in [6.45, 7) is 1.76. The number of anilines is 2. The molecule has 0 saturated heterocycles. The highest BCUT2D eigenvalue weighted by Gasteiger charge is 2.14. The van der Waals surface area contributed by atoms with Crippen LogP contribution in [0.2, 0.25) is 0 Å². The average molecular weight is 357 g/mol. The fraction of sp³-hybridized carbons (Fsp3) is 0.0909. The number of hydrogen-bond acceptors (Lipinski definition) is 4. The quantitative estimate of drug-likeness (QED) is 0.665. The van der Waals surface area contributed by atoms with E-state index in [4.69, 9.17) is 10.00 Å². The zero-order valence-electron chi connectivity index (χ0n) is 14.8. The minimum absolute atomic E-state index is 0.220. The fourth-order valence-corrected chi connectivity index (χ4v) is 2.49. The van der Waals surface area contributed by atoms with Crippen LogP contribution in [0.15, 0.2) is 78.9 Å². The lowest BCUT2D eigenvalue weighted by atomic mass is 10.2. The first-order valence-corrected chi connectivity index (χ1v) is 8.55. The molecule has 1 atom stereocenters. The first-order chi connectivity index (χ1) is 13.2. The van der Waals surface area contributed by atoms with Gasteiger partial charge in [0.05, 0.1) is 11.3 Å². The van der Waals surface area contributed by atoms with Crippen molar-refractivity contribution in [3.05, 3.63) is 84.4 Å². The minimum atomic E-state index is -0.474. The number of rotatable bonds is 6. The maximum atomic E-state index is 12.4. The summed E-state index contributed by atoms with van der Waals surface area (Å²) in [5.74, 6) is 1.26. The van der Waals surface area contributed by atoms with Crippen molar-refractivity contribution in [2.75, 3.05) is 10.6 Å². The molecule has 0 aromatic heterocycles. The Morgan fingerprint density at radius 3 is 2.26 bits per heavy atom. The molecule has 3 aromatic rings. The van der Waals surface area contributed by atoms with Crippen LogP contribution in [-0.2, 0) is 4.79 Å². The molecular weight excluding hydrogens is 338 g/mol. The molecule has 0 heterocycles. The number of ether oxygens (including phenoxy) is 1. The third-order valence-electron chi connectivity index (χ3n) is 3.92. The summed E-state index contributed by atoms with van der Waals surface area (Å²) < 4.78 is 5.75. The predicted octanol–water partition coefficient (Wildman–Crippen LogP) is 4.79. The van der Waals surface area contributed by atoms with Gasteiger partial charge in [0.1, 0.15) is 23.6 Å². The second kappa shape index (κ2) is 8.54. The molecule has 0 aliphatic heterocycles. The zero-order chi connectivity index (χ0) is 19.1. The maximum absolute atomic E-state index is 12.4. The molecule has 0 spiro atoms. The molecule has 0 radical (unpaired) electrons. The number of para-hydroxylation sites is 2. The van der Waals surface area contributed by atoms with Gasteiger partial charge in [0.25, 0.3) is 0 Å². The molecule has 5 nitrogen and oxygen atoms in total. The lowest BCUT2D eigenvalue weighted by Gasteiger charge is -2.16. The topological polar surface area (TPSA) is 74.2 Å². The number of hydrogen-bond donors (Lipinski definition) is 2. The van der Waals surface area contributed by atoms with Crippen LogP contribution >= 0.6 is 0 Å². The van der Waals surface area contributed by atoms with Crippen LogP contribution in [-0.4, -0.2) is 11.9 Å². The highest BCUT2D eigenvalue weighted by Crippen LogP contribution is 2.23. The molecule has 0 saturated carbocycles. The van der Waals surface area contributed by atoms with Crippen LogP contribution in [0.3, 0.4) is 0 Å². The van der Waals surface area contributed by atoms with Crippen molar-refractivity contribution < 1.29 is 9.53 Å². The van der Waals surface area contributed by atoms with Gasteiger partial charge in [-0.2, -0.15) is 5.26 Å². The van der Waals surface area contributed by atoms with E-state index in [0.29, 0.717) is 17.0 Å². The van der Waals surface area contributed by atoms with E-state index in [-0.39, 0.29) is 5.91 Å². The number of carbonyl (C=O) groups excluding carboxylic acids is 1. The lowest BCUT2D eigenvalue weighted by Crippen LogP contribution is -2.32. The SMILES string of the molecule is C[C@@H](Nc1ccc(Oc2ccccc2)cc1)C(=O)Nc1ccccc1C#N. The number of nitrogens with one attached hydrogen (secondary N) is 2. The zero-order valence-corrected chi connectivity index (χ0v) is 14.8. The van der Waals surface area contributed by atoms with Crippen molar-refractivity contribution in [3.63, 3.8) is 0 Å². The second-order valence-corrected chi connectivity index (χ2v) is 5.95. The first kappa shape index (κ1) is 18.0. The Kier molecular flexibility index (Phi) is 5.70. The summed E-state index contributed by atoms with van der Waals surface area (Å²) in [7, 11) is 0. The number of benzene rings is 3. The van der Waals surface area contributed by atoms with E-state index in [0.717, 1.165) is 11.4 Å². The Morgan fingerprint density at radius 2 is 1.56 bits per heavy atom. The van der Waals surface area contributed by atoms with E-state index in [1.807, 2.05) is 54.6 Å². The van der Waals surface area contributed by atoms with Gasteiger partial charge < -0.3 is 15.4 Å². The number of nitrogens with zero attached hydrogens (tertiary/aromatic N) is 1. The van der Waals surface area contributed by atoms with Crippen molar-refractivity contribution in [1.29, 1.82) is 5.26 Å². The number of amides is 1. The number of carbonyl (C=O) groups is 1. The summed E-state index contributed by atoms with van der Waals surface area (Å²) in [6.07, 6.45) is 0. The molecule has 0 aliphatic rings. The van der Waals surface area contributed by atoms with Crippen LogP contribution in [0.25, 0.3) is 0 Å². The lowest BCUT2D eigenvalue weighted by molar-refractivity contribution is -0.116. The van der Waals surface area contributed by atoms with Gasteiger partial charge in [0.2, 0.25) is 5.91 Å². The minimum Gasteiger partial charge on any atom is -0.457 e. The van der Waals surface area contributed by atoms with E-state index in [2.05, 4.69) is 16.7 Å². The van der Waals surface area contributed by atoms with E-state index in [1.54, 1.807) is 31.2 Å². The van der Waals surface area contributed by atoms with Crippen molar-refractivity contribution in [2.45, 2.75) is 13.0 Å². The largest absolute Gasteiger partial charge is 0.457 e. The van der Waals surface area contributed by atoms with Crippen molar-refractivity contribution in [1.82, 2.24) is 0 Å². The Labute approximate surface area is 158 Å². The Morgan fingerprint density at radius 1 is 0.926 bits per heavy atom.